The molecule has 0 aromatic heterocycles. The quantitative estimate of drug-likeness (QED) is 0.673. The van der Waals surface area contributed by atoms with Gasteiger partial charge in [-0.15, -0.1) is 0 Å². The molecule has 1 amide bonds. The van der Waals surface area contributed by atoms with Crippen molar-refractivity contribution in [3.63, 3.8) is 0 Å². The summed E-state index contributed by atoms with van der Waals surface area (Å²) in [4.78, 5) is 28.0. The third-order valence-corrected chi connectivity index (χ3v) is 8.21. The van der Waals surface area contributed by atoms with Crippen LogP contribution in [0.5, 0.6) is 0 Å². The van der Waals surface area contributed by atoms with Crippen molar-refractivity contribution in [2.75, 3.05) is 0 Å². The average molecular weight is 398 g/mol. The Morgan fingerprint density at radius 3 is 1.96 bits per heavy atom. The molecule has 0 heterocycles. The summed E-state index contributed by atoms with van der Waals surface area (Å²) in [6.45, 7) is 11.7. The van der Waals surface area contributed by atoms with E-state index in [1.54, 1.807) is 4.90 Å². The van der Waals surface area contributed by atoms with Crippen LogP contribution in [-0.4, -0.2) is 36.1 Å². The predicted octanol–water partition coefficient (Wildman–Crippen LogP) is 4.54. The van der Waals surface area contributed by atoms with Gasteiger partial charge in [-0.05, 0) is 33.3 Å². The van der Waals surface area contributed by atoms with Gasteiger partial charge in [-0.2, -0.15) is 0 Å². The number of hydrogen-bond donors (Lipinski definition) is 0. The van der Waals surface area contributed by atoms with Crippen LogP contribution in [0.2, 0.25) is 13.1 Å². The largest absolute Gasteiger partial charge is 0.444 e. The first kappa shape index (κ1) is 21.9. The summed E-state index contributed by atoms with van der Waals surface area (Å²) >= 11 is 0. The molecule has 5 heteroatoms. The maximum Gasteiger partial charge on any atom is 0.411 e. The maximum atomic E-state index is 13.5. The van der Waals surface area contributed by atoms with Gasteiger partial charge >= 0.3 is 6.09 Å². The van der Waals surface area contributed by atoms with Gasteiger partial charge in [0.05, 0.1) is 6.04 Å². The van der Waals surface area contributed by atoms with E-state index in [4.69, 9.17) is 4.74 Å². The summed E-state index contributed by atoms with van der Waals surface area (Å²) in [7, 11) is -2.42. The van der Waals surface area contributed by atoms with Crippen molar-refractivity contribution < 1.29 is 14.3 Å². The molecule has 0 saturated carbocycles. The van der Waals surface area contributed by atoms with E-state index in [0.717, 1.165) is 10.8 Å². The lowest BCUT2D eigenvalue weighted by molar-refractivity contribution is -0.117. The van der Waals surface area contributed by atoms with Crippen LogP contribution in [0.4, 0.5) is 4.79 Å². The van der Waals surface area contributed by atoms with Crippen molar-refractivity contribution in [2.45, 2.75) is 59.0 Å². The van der Waals surface area contributed by atoms with E-state index in [9.17, 15) is 9.59 Å². The number of benzene rings is 2. The van der Waals surface area contributed by atoms with Gasteiger partial charge in [0.2, 0.25) is 0 Å². The minimum absolute atomic E-state index is 0.112. The molecule has 2 rings (SSSR count). The molecule has 0 fully saturated rings. The van der Waals surface area contributed by atoms with E-state index in [-0.39, 0.29) is 5.41 Å². The number of carbonyl (C=O) groups is 2. The first-order valence-corrected chi connectivity index (χ1v) is 12.7. The molecule has 0 aliphatic rings. The van der Waals surface area contributed by atoms with Crippen LogP contribution < -0.4 is 5.19 Å². The second kappa shape index (κ2) is 8.74. The highest BCUT2D eigenvalue weighted by molar-refractivity contribution is 7.13. The molecule has 4 nitrogen and oxygen atoms in total. The molecule has 0 spiro atoms. The second-order valence-electron chi connectivity index (χ2n) is 8.63. The molecule has 1 atom stereocenters. The van der Waals surface area contributed by atoms with Crippen LogP contribution >= 0.6 is 0 Å². The van der Waals surface area contributed by atoms with Gasteiger partial charge in [0.25, 0.3) is 0 Å². The van der Waals surface area contributed by atoms with Gasteiger partial charge in [-0.3, -0.25) is 4.90 Å². The van der Waals surface area contributed by atoms with Gasteiger partial charge in [0.15, 0.2) is 8.07 Å². The van der Waals surface area contributed by atoms with Crippen molar-refractivity contribution in [1.82, 2.24) is 4.90 Å². The Kier molecular flexibility index (Phi) is 6.83. The Morgan fingerprint density at radius 2 is 1.46 bits per heavy atom. The SMILES string of the molecule is C[C@@H](C(=O)[Si](C)(C)c1ccccc1)N(Cc1ccccc1)C(=O)OC(C)(C)C. The minimum Gasteiger partial charge on any atom is -0.444 e. The van der Waals surface area contributed by atoms with Gasteiger partial charge in [0, 0.05) is 6.54 Å². The Hall–Kier alpha value is -2.40. The van der Waals surface area contributed by atoms with Crippen molar-refractivity contribution in [3.8, 4) is 0 Å². The molecule has 0 bridgehead atoms. The lowest BCUT2D eigenvalue weighted by atomic mass is 10.2. The lowest BCUT2D eigenvalue weighted by Gasteiger charge is -2.34. The van der Waals surface area contributed by atoms with E-state index in [1.807, 2.05) is 101 Å². The topological polar surface area (TPSA) is 46.6 Å². The van der Waals surface area contributed by atoms with Gasteiger partial charge < -0.3 is 9.53 Å². The van der Waals surface area contributed by atoms with E-state index in [1.165, 1.54) is 0 Å². The zero-order valence-electron chi connectivity index (χ0n) is 17.7. The molecule has 0 aliphatic carbocycles. The van der Waals surface area contributed by atoms with Crippen LogP contribution in [0.25, 0.3) is 0 Å². The van der Waals surface area contributed by atoms with Gasteiger partial charge in [-0.1, -0.05) is 78.9 Å². The van der Waals surface area contributed by atoms with Crippen molar-refractivity contribution >= 4 is 24.8 Å². The second-order valence-corrected chi connectivity index (χ2v) is 12.9. The molecular formula is C23H31NO3Si. The Labute approximate surface area is 169 Å². The van der Waals surface area contributed by atoms with E-state index in [2.05, 4.69) is 0 Å². The Bertz CT molecular complexity index is 798. The third-order valence-electron chi connectivity index (χ3n) is 4.78. The molecule has 28 heavy (non-hydrogen) atoms. The third kappa shape index (κ3) is 5.55. The van der Waals surface area contributed by atoms with Crippen LogP contribution in [0, 0.1) is 0 Å². The summed E-state index contributed by atoms with van der Waals surface area (Å²) in [5.74, 6) is 0. The summed E-state index contributed by atoms with van der Waals surface area (Å²) in [5, 5.41) is 1.18. The first-order valence-electron chi connectivity index (χ1n) is 9.66. The van der Waals surface area contributed by atoms with Crippen LogP contribution in [-0.2, 0) is 16.1 Å². The molecule has 2 aromatic rings. The van der Waals surface area contributed by atoms with E-state index >= 15 is 0 Å². The average Bonchev–Trinajstić information content (AvgIpc) is 2.65. The highest BCUT2D eigenvalue weighted by Crippen LogP contribution is 2.19. The molecule has 0 saturated heterocycles. The van der Waals surface area contributed by atoms with Crippen LogP contribution in [0.1, 0.15) is 33.3 Å². The summed E-state index contributed by atoms with van der Waals surface area (Å²) < 4.78 is 5.61. The molecule has 0 aliphatic heterocycles. The number of rotatable bonds is 6. The maximum absolute atomic E-state index is 13.5. The highest BCUT2D eigenvalue weighted by Gasteiger charge is 2.40. The minimum atomic E-state index is -2.42. The fourth-order valence-electron chi connectivity index (χ4n) is 3.12. The molecule has 0 radical (unpaired) electrons. The smallest absolute Gasteiger partial charge is 0.411 e. The van der Waals surface area contributed by atoms with Crippen molar-refractivity contribution in [2.24, 2.45) is 0 Å². The highest BCUT2D eigenvalue weighted by atomic mass is 28.3. The summed E-state index contributed by atoms with van der Waals surface area (Å²) in [5.41, 5.74) is 0.341. The van der Waals surface area contributed by atoms with Crippen molar-refractivity contribution in [1.29, 1.82) is 0 Å². The summed E-state index contributed by atoms with van der Waals surface area (Å²) in [6, 6.07) is 19.0. The number of hydrogen-bond acceptors (Lipinski definition) is 3. The molecule has 0 N–H and O–H groups in total. The Balaban J connectivity index is 2.32. The lowest BCUT2D eigenvalue weighted by Crippen LogP contribution is -2.58. The summed E-state index contributed by atoms with van der Waals surface area (Å²) in [6.07, 6.45) is -0.463. The fraction of sp³-hybridized carbons (Fsp3) is 0.391. The Morgan fingerprint density at radius 1 is 0.964 bits per heavy atom. The van der Waals surface area contributed by atoms with Crippen molar-refractivity contribution in [3.05, 3.63) is 66.2 Å². The van der Waals surface area contributed by atoms with Gasteiger partial charge in [-0.25, -0.2) is 4.79 Å². The van der Waals surface area contributed by atoms with E-state index in [0.29, 0.717) is 6.54 Å². The predicted molar refractivity (Wildman–Crippen MR) is 116 cm³/mol. The zero-order valence-corrected chi connectivity index (χ0v) is 18.7. The van der Waals surface area contributed by atoms with E-state index < -0.39 is 25.8 Å². The van der Waals surface area contributed by atoms with Gasteiger partial charge in [0.1, 0.15) is 11.0 Å². The number of ether oxygens (including phenoxy) is 1. The monoisotopic (exact) mass is 397 g/mol. The molecular weight excluding hydrogens is 366 g/mol. The standard InChI is InChI=1S/C23H31NO3Si/c1-18(21(25)28(5,6)20-15-11-8-12-16-20)24(22(26)27-23(2,3)4)17-19-13-9-7-10-14-19/h7-16,18H,17H2,1-6H3/t18-/m0/s1. The molecule has 150 valence electrons. The number of amides is 1. The molecule has 0 unspecified atom stereocenters. The normalized spacial score (nSPS) is 12.9. The fourth-order valence-corrected chi connectivity index (χ4v) is 5.63. The number of carbonyl (C=O) groups excluding carboxylic acids is 2. The first-order chi connectivity index (χ1) is 13.0. The zero-order chi connectivity index (χ0) is 20.9. The van der Waals surface area contributed by atoms with Crippen LogP contribution in [0.15, 0.2) is 60.7 Å². The number of nitrogens with zero attached hydrogens (tertiary/aromatic N) is 1. The van der Waals surface area contributed by atoms with Crippen LogP contribution in [0.3, 0.4) is 0 Å². The molecule has 2 aromatic carbocycles.